The summed E-state index contributed by atoms with van der Waals surface area (Å²) in [6, 6.07) is 1.63. The van der Waals surface area contributed by atoms with Gasteiger partial charge in [0.1, 0.15) is 4.21 Å². The van der Waals surface area contributed by atoms with Gasteiger partial charge >= 0.3 is 0 Å². The molecule has 0 aromatic carbocycles. The molecule has 0 radical (unpaired) electrons. The highest BCUT2D eigenvalue weighted by Gasteiger charge is 2.19. The highest BCUT2D eigenvalue weighted by molar-refractivity contribution is 7.94. The van der Waals surface area contributed by atoms with Crippen LogP contribution in [0.15, 0.2) is 22.7 Å². The Morgan fingerprint density at radius 3 is 2.79 bits per heavy atom. The first-order valence-electron chi connectivity index (χ1n) is 5.43. The van der Waals surface area contributed by atoms with E-state index in [0.717, 1.165) is 10.4 Å². The van der Waals surface area contributed by atoms with Crippen molar-refractivity contribution in [3.8, 4) is 0 Å². The molecule has 0 atom stereocenters. The summed E-state index contributed by atoms with van der Waals surface area (Å²) in [5.41, 5.74) is 0.937. The number of sulfonamides is 1. The number of thiophene rings is 1. The predicted molar refractivity (Wildman–Crippen MR) is 72.5 cm³/mol. The summed E-state index contributed by atoms with van der Waals surface area (Å²) in [5.74, 6) is -0.0382. The maximum absolute atomic E-state index is 12.1. The predicted octanol–water partition coefficient (Wildman–Crippen LogP) is 0.762. The first-order valence-corrected chi connectivity index (χ1v) is 7.73. The zero-order valence-electron chi connectivity index (χ0n) is 10.4. The van der Waals surface area contributed by atoms with Crippen LogP contribution in [0.3, 0.4) is 0 Å². The Labute approximate surface area is 115 Å². The van der Waals surface area contributed by atoms with E-state index in [0.29, 0.717) is 6.54 Å². The Bertz CT molecular complexity index is 654. The number of nitrogens with zero attached hydrogens (tertiary/aromatic N) is 3. The number of hydrogen-bond acceptors (Lipinski definition) is 7. The maximum atomic E-state index is 12.1. The summed E-state index contributed by atoms with van der Waals surface area (Å²) in [7, 11) is -1.84. The Morgan fingerprint density at radius 1 is 1.37 bits per heavy atom. The fourth-order valence-electron chi connectivity index (χ4n) is 1.42. The molecule has 0 bridgehead atoms. The lowest BCUT2D eigenvalue weighted by atomic mass is 10.3. The molecule has 0 spiro atoms. The largest absolute Gasteiger partial charge is 0.315 e. The number of anilines is 1. The number of rotatable bonds is 5. The molecule has 0 fully saturated rings. The standard InChI is InChI=1S/C10H13N5O2S2/c1-7-5-9(18-8(7)6-11-2)19(16,17)15-10-12-3-4-13-14-10/h3-5,11H,6H2,1-2H3,(H,12,14,15). The van der Waals surface area contributed by atoms with Gasteiger partial charge in [-0.2, -0.15) is 5.10 Å². The van der Waals surface area contributed by atoms with Crippen molar-refractivity contribution in [2.24, 2.45) is 0 Å². The summed E-state index contributed by atoms with van der Waals surface area (Å²) in [4.78, 5) is 4.76. The topological polar surface area (TPSA) is 96.9 Å². The summed E-state index contributed by atoms with van der Waals surface area (Å²) in [6.07, 6.45) is 2.75. The van der Waals surface area contributed by atoms with Crippen molar-refractivity contribution in [2.45, 2.75) is 17.7 Å². The van der Waals surface area contributed by atoms with Crippen LogP contribution in [-0.4, -0.2) is 30.6 Å². The highest BCUT2D eigenvalue weighted by atomic mass is 32.2. The average Bonchev–Trinajstić information content (AvgIpc) is 2.73. The number of aromatic nitrogens is 3. The fourth-order valence-corrected chi connectivity index (χ4v) is 3.97. The van der Waals surface area contributed by atoms with Crippen LogP contribution in [0, 0.1) is 6.92 Å². The van der Waals surface area contributed by atoms with E-state index in [1.807, 2.05) is 14.0 Å². The van der Waals surface area contributed by atoms with Crippen LogP contribution in [-0.2, 0) is 16.6 Å². The fraction of sp³-hybridized carbons (Fsp3) is 0.300. The van der Waals surface area contributed by atoms with E-state index in [9.17, 15) is 8.42 Å². The molecule has 0 aliphatic rings. The Hall–Kier alpha value is -1.58. The molecule has 0 aliphatic carbocycles. The minimum atomic E-state index is -3.66. The summed E-state index contributed by atoms with van der Waals surface area (Å²) in [5, 5.41) is 10.2. The molecule has 0 amide bonds. The summed E-state index contributed by atoms with van der Waals surface area (Å²) >= 11 is 1.22. The second kappa shape index (κ2) is 5.59. The minimum Gasteiger partial charge on any atom is -0.315 e. The van der Waals surface area contributed by atoms with E-state index in [1.54, 1.807) is 6.07 Å². The van der Waals surface area contributed by atoms with E-state index >= 15 is 0 Å². The van der Waals surface area contributed by atoms with Gasteiger partial charge in [0.15, 0.2) is 0 Å². The summed E-state index contributed by atoms with van der Waals surface area (Å²) in [6.45, 7) is 2.51. The van der Waals surface area contributed by atoms with E-state index < -0.39 is 10.0 Å². The molecule has 0 saturated carbocycles. The molecular weight excluding hydrogens is 286 g/mol. The van der Waals surface area contributed by atoms with Gasteiger partial charge in [0.25, 0.3) is 16.0 Å². The quantitative estimate of drug-likeness (QED) is 0.846. The van der Waals surface area contributed by atoms with Crippen molar-refractivity contribution < 1.29 is 8.42 Å². The van der Waals surface area contributed by atoms with Gasteiger partial charge < -0.3 is 5.32 Å². The third-order valence-electron chi connectivity index (χ3n) is 2.31. The van der Waals surface area contributed by atoms with Gasteiger partial charge in [-0.3, -0.25) is 0 Å². The molecule has 2 N–H and O–H groups in total. The normalized spacial score (nSPS) is 11.5. The Kier molecular flexibility index (Phi) is 4.08. The van der Waals surface area contributed by atoms with Crippen LogP contribution >= 0.6 is 11.3 Å². The average molecular weight is 299 g/mol. The van der Waals surface area contributed by atoms with Crippen molar-refractivity contribution in [3.63, 3.8) is 0 Å². The molecule has 0 unspecified atom stereocenters. The van der Waals surface area contributed by atoms with Crippen LogP contribution in [0.5, 0.6) is 0 Å². The zero-order valence-corrected chi connectivity index (χ0v) is 12.0. The van der Waals surface area contributed by atoms with Gasteiger partial charge in [-0.1, -0.05) is 0 Å². The molecule has 102 valence electrons. The van der Waals surface area contributed by atoms with Crippen molar-refractivity contribution in [2.75, 3.05) is 11.8 Å². The van der Waals surface area contributed by atoms with Gasteiger partial charge in [-0.25, -0.2) is 18.1 Å². The molecule has 2 heterocycles. The van der Waals surface area contributed by atoms with Gasteiger partial charge in [0, 0.05) is 11.4 Å². The smallest absolute Gasteiger partial charge is 0.273 e. The molecule has 0 aliphatic heterocycles. The van der Waals surface area contributed by atoms with Gasteiger partial charge in [-0.05, 0) is 25.6 Å². The molecule has 2 rings (SSSR count). The van der Waals surface area contributed by atoms with E-state index in [-0.39, 0.29) is 10.2 Å². The Balaban J connectivity index is 2.27. The van der Waals surface area contributed by atoms with Crippen molar-refractivity contribution in [1.82, 2.24) is 20.5 Å². The van der Waals surface area contributed by atoms with Crippen molar-refractivity contribution in [3.05, 3.63) is 28.9 Å². The third-order valence-corrected chi connectivity index (χ3v) is 5.35. The summed E-state index contributed by atoms with van der Waals surface area (Å²) < 4.78 is 26.8. The van der Waals surface area contributed by atoms with E-state index in [1.165, 1.54) is 23.7 Å². The van der Waals surface area contributed by atoms with Crippen LogP contribution in [0.4, 0.5) is 5.95 Å². The molecule has 2 aromatic heterocycles. The van der Waals surface area contributed by atoms with Gasteiger partial charge in [0.2, 0.25) is 0 Å². The molecule has 19 heavy (non-hydrogen) atoms. The number of nitrogens with one attached hydrogen (secondary N) is 2. The first kappa shape index (κ1) is 13.8. The molecule has 0 saturated heterocycles. The highest BCUT2D eigenvalue weighted by Crippen LogP contribution is 2.26. The van der Waals surface area contributed by atoms with Gasteiger partial charge in [0.05, 0.1) is 12.4 Å². The molecular formula is C10H13N5O2S2. The van der Waals surface area contributed by atoms with E-state index in [4.69, 9.17) is 0 Å². The van der Waals surface area contributed by atoms with Crippen LogP contribution in [0.25, 0.3) is 0 Å². The van der Waals surface area contributed by atoms with Crippen molar-refractivity contribution in [1.29, 1.82) is 0 Å². The van der Waals surface area contributed by atoms with Crippen LogP contribution in [0.1, 0.15) is 10.4 Å². The lowest BCUT2D eigenvalue weighted by Gasteiger charge is -2.02. The Morgan fingerprint density at radius 2 is 2.16 bits per heavy atom. The number of aryl methyl sites for hydroxylation is 1. The van der Waals surface area contributed by atoms with E-state index in [2.05, 4.69) is 25.2 Å². The van der Waals surface area contributed by atoms with Gasteiger partial charge in [-0.15, -0.1) is 16.4 Å². The third kappa shape index (κ3) is 3.25. The minimum absolute atomic E-state index is 0.0382. The van der Waals surface area contributed by atoms with Crippen LogP contribution < -0.4 is 10.0 Å². The maximum Gasteiger partial charge on any atom is 0.273 e. The first-order chi connectivity index (χ1) is 9.03. The SMILES string of the molecule is CNCc1sc(S(=O)(=O)Nc2nccnn2)cc1C. The van der Waals surface area contributed by atoms with Crippen LogP contribution in [0.2, 0.25) is 0 Å². The molecule has 7 nitrogen and oxygen atoms in total. The lowest BCUT2D eigenvalue weighted by Crippen LogP contribution is -2.14. The zero-order chi connectivity index (χ0) is 13.9. The van der Waals surface area contributed by atoms with Crippen molar-refractivity contribution >= 4 is 27.3 Å². The lowest BCUT2D eigenvalue weighted by molar-refractivity contribution is 0.602. The second-order valence-electron chi connectivity index (χ2n) is 3.77. The monoisotopic (exact) mass is 299 g/mol. The molecule has 2 aromatic rings. The second-order valence-corrected chi connectivity index (χ2v) is 6.82. The number of hydrogen-bond donors (Lipinski definition) is 2. The molecule has 9 heteroatoms.